The molecule has 1 N–H and O–H groups in total. The van der Waals surface area contributed by atoms with Crippen molar-refractivity contribution in [3.63, 3.8) is 0 Å². The van der Waals surface area contributed by atoms with Crippen LogP contribution in [0.1, 0.15) is 19.8 Å². The summed E-state index contributed by atoms with van der Waals surface area (Å²) in [6.45, 7) is 2.47. The summed E-state index contributed by atoms with van der Waals surface area (Å²) < 4.78 is 5.21. The van der Waals surface area contributed by atoms with Crippen molar-refractivity contribution in [2.75, 3.05) is 6.61 Å². The fourth-order valence-corrected chi connectivity index (χ4v) is 1.29. The first-order valence-corrected chi connectivity index (χ1v) is 3.71. The zero-order valence-electron chi connectivity index (χ0n) is 6.45. The fraction of sp³-hybridized carbons (Fsp3) is 0.857. The van der Waals surface area contributed by atoms with Gasteiger partial charge in [-0.1, -0.05) is 0 Å². The minimum absolute atomic E-state index is 0.0906. The first-order valence-electron chi connectivity index (χ1n) is 3.71. The van der Waals surface area contributed by atoms with E-state index in [9.17, 15) is 4.79 Å². The van der Waals surface area contributed by atoms with E-state index < -0.39 is 5.97 Å². The van der Waals surface area contributed by atoms with Gasteiger partial charge in [0.2, 0.25) is 0 Å². The highest BCUT2D eigenvalue weighted by molar-refractivity contribution is 5.71. The molecular formula is C7H12O4. The molecule has 1 fully saturated rings. The third-order valence-corrected chi connectivity index (χ3v) is 1.91. The van der Waals surface area contributed by atoms with E-state index in [1.165, 1.54) is 0 Å². The minimum atomic E-state index is -0.542. The fourth-order valence-electron chi connectivity index (χ4n) is 1.29. The number of hydrogen-bond acceptors (Lipinski definition) is 4. The Hall–Kier alpha value is -0.610. The van der Waals surface area contributed by atoms with Crippen molar-refractivity contribution >= 4 is 5.97 Å². The molecule has 4 heteroatoms. The van der Waals surface area contributed by atoms with Crippen LogP contribution >= 0.6 is 0 Å². The topological polar surface area (TPSA) is 55.8 Å². The van der Waals surface area contributed by atoms with Crippen LogP contribution < -0.4 is 0 Å². The maximum absolute atomic E-state index is 10.8. The predicted octanol–water partition coefficient (Wildman–Crippen LogP) is 0.818. The van der Waals surface area contributed by atoms with E-state index in [0.717, 1.165) is 0 Å². The smallest absolute Gasteiger partial charge is 0.345 e. The van der Waals surface area contributed by atoms with Gasteiger partial charge in [0.05, 0.1) is 12.0 Å². The van der Waals surface area contributed by atoms with Gasteiger partial charge < -0.3 is 9.62 Å². The number of hydrogen-bond donors (Lipinski definition) is 1. The Labute approximate surface area is 65.0 Å². The van der Waals surface area contributed by atoms with Gasteiger partial charge in [-0.2, -0.15) is 5.26 Å². The van der Waals surface area contributed by atoms with Gasteiger partial charge in [-0.3, -0.25) is 0 Å². The monoisotopic (exact) mass is 160 g/mol. The minimum Gasteiger partial charge on any atom is -0.378 e. The van der Waals surface area contributed by atoms with Gasteiger partial charge in [0.15, 0.2) is 0 Å². The molecule has 0 amide bonds. The van der Waals surface area contributed by atoms with Crippen molar-refractivity contribution < 1.29 is 19.7 Å². The second-order valence-corrected chi connectivity index (χ2v) is 2.81. The quantitative estimate of drug-likeness (QED) is 0.455. The van der Waals surface area contributed by atoms with Crippen LogP contribution in [0.2, 0.25) is 0 Å². The standard InChI is InChI=1S/C7H12O4/c1-5-4-6(2-3-10-5)7(8)11-9/h5-6,9H,2-4H2,1H3. The van der Waals surface area contributed by atoms with E-state index in [0.29, 0.717) is 19.4 Å². The van der Waals surface area contributed by atoms with Crippen LogP contribution in [0.3, 0.4) is 0 Å². The zero-order valence-corrected chi connectivity index (χ0v) is 6.45. The molecule has 1 aliphatic heterocycles. The molecule has 11 heavy (non-hydrogen) atoms. The van der Waals surface area contributed by atoms with E-state index in [2.05, 4.69) is 4.89 Å². The Balaban J connectivity index is 2.39. The van der Waals surface area contributed by atoms with Gasteiger partial charge >= 0.3 is 5.97 Å². The summed E-state index contributed by atoms with van der Waals surface area (Å²) in [5.74, 6) is -0.733. The third kappa shape index (κ3) is 2.17. The SMILES string of the molecule is CC1CC(C(=O)OO)CCO1. The maximum atomic E-state index is 10.8. The second-order valence-electron chi connectivity index (χ2n) is 2.81. The van der Waals surface area contributed by atoms with Crippen molar-refractivity contribution in [2.45, 2.75) is 25.9 Å². The average Bonchev–Trinajstić information content (AvgIpc) is 2.03. The molecule has 0 aliphatic carbocycles. The van der Waals surface area contributed by atoms with E-state index in [1.807, 2.05) is 6.92 Å². The van der Waals surface area contributed by atoms with Crippen LogP contribution in [0.4, 0.5) is 0 Å². The average molecular weight is 160 g/mol. The number of carbonyl (C=O) groups excluding carboxylic acids is 1. The van der Waals surface area contributed by atoms with Crippen molar-refractivity contribution in [1.82, 2.24) is 0 Å². The lowest BCUT2D eigenvalue weighted by atomic mass is 9.97. The Kier molecular flexibility index (Phi) is 2.84. The van der Waals surface area contributed by atoms with Crippen molar-refractivity contribution in [3.8, 4) is 0 Å². The van der Waals surface area contributed by atoms with Crippen molar-refractivity contribution in [2.24, 2.45) is 5.92 Å². The zero-order chi connectivity index (χ0) is 8.27. The first-order chi connectivity index (χ1) is 5.24. The molecule has 1 rings (SSSR count). The van der Waals surface area contributed by atoms with Gasteiger partial charge in [-0.25, -0.2) is 4.79 Å². The van der Waals surface area contributed by atoms with Gasteiger partial charge in [0.1, 0.15) is 0 Å². The molecule has 0 aromatic carbocycles. The Bertz CT molecular complexity index is 145. The molecule has 1 heterocycles. The molecule has 0 radical (unpaired) electrons. The molecule has 64 valence electrons. The third-order valence-electron chi connectivity index (χ3n) is 1.91. The summed E-state index contributed by atoms with van der Waals surface area (Å²) in [5, 5.41) is 8.08. The largest absolute Gasteiger partial charge is 0.378 e. The van der Waals surface area contributed by atoms with Crippen LogP contribution in [0, 0.1) is 5.92 Å². The summed E-state index contributed by atoms with van der Waals surface area (Å²) in [7, 11) is 0. The molecule has 1 aliphatic rings. The summed E-state index contributed by atoms with van der Waals surface area (Å²) >= 11 is 0. The highest BCUT2D eigenvalue weighted by atomic mass is 17.1. The van der Waals surface area contributed by atoms with E-state index in [1.54, 1.807) is 0 Å². The summed E-state index contributed by atoms with van der Waals surface area (Å²) in [4.78, 5) is 14.4. The van der Waals surface area contributed by atoms with Crippen LogP contribution in [-0.4, -0.2) is 23.9 Å². The molecule has 0 bridgehead atoms. The Morgan fingerprint density at radius 2 is 2.45 bits per heavy atom. The molecular weight excluding hydrogens is 148 g/mol. The van der Waals surface area contributed by atoms with E-state index >= 15 is 0 Å². The van der Waals surface area contributed by atoms with E-state index in [-0.39, 0.29) is 12.0 Å². The maximum Gasteiger partial charge on any atom is 0.345 e. The summed E-state index contributed by atoms with van der Waals surface area (Å²) in [5.41, 5.74) is 0. The normalized spacial score (nSPS) is 31.5. The highest BCUT2D eigenvalue weighted by Crippen LogP contribution is 2.20. The van der Waals surface area contributed by atoms with Crippen LogP contribution in [0.25, 0.3) is 0 Å². The van der Waals surface area contributed by atoms with Crippen LogP contribution in [-0.2, 0) is 14.4 Å². The van der Waals surface area contributed by atoms with Gasteiger partial charge in [0, 0.05) is 6.61 Å². The predicted molar refractivity (Wildman–Crippen MR) is 36.9 cm³/mol. The number of carbonyl (C=O) groups is 1. The van der Waals surface area contributed by atoms with Crippen LogP contribution in [0.15, 0.2) is 0 Å². The number of rotatable bonds is 1. The van der Waals surface area contributed by atoms with Crippen molar-refractivity contribution in [3.05, 3.63) is 0 Å². The number of ether oxygens (including phenoxy) is 1. The van der Waals surface area contributed by atoms with Gasteiger partial charge in [-0.15, -0.1) is 0 Å². The molecule has 4 nitrogen and oxygen atoms in total. The van der Waals surface area contributed by atoms with Gasteiger partial charge in [0.25, 0.3) is 0 Å². The molecule has 2 unspecified atom stereocenters. The lowest BCUT2D eigenvalue weighted by Crippen LogP contribution is -2.29. The summed E-state index contributed by atoms with van der Waals surface area (Å²) in [6, 6.07) is 0. The van der Waals surface area contributed by atoms with Crippen molar-refractivity contribution in [1.29, 1.82) is 0 Å². The van der Waals surface area contributed by atoms with Gasteiger partial charge in [-0.05, 0) is 19.8 Å². The highest BCUT2D eigenvalue weighted by Gasteiger charge is 2.26. The van der Waals surface area contributed by atoms with Crippen LogP contribution in [0.5, 0.6) is 0 Å². The molecule has 2 atom stereocenters. The lowest BCUT2D eigenvalue weighted by Gasteiger charge is -2.24. The molecule has 1 saturated heterocycles. The molecule has 0 spiro atoms. The molecule has 0 aromatic heterocycles. The Morgan fingerprint density at radius 1 is 1.73 bits per heavy atom. The first kappa shape index (κ1) is 8.49. The Morgan fingerprint density at radius 3 is 3.00 bits per heavy atom. The second kappa shape index (κ2) is 3.69. The molecule has 0 aromatic rings. The molecule has 0 saturated carbocycles. The van der Waals surface area contributed by atoms with E-state index in [4.69, 9.17) is 9.99 Å². The lowest BCUT2D eigenvalue weighted by molar-refractivity contribution is -0.241. The summed E-state index contributed by atoms with van der Waals surface area (Å²) in [6.07, 6.45) is 1.37.